The number of hydrogen-bond donors (Lipinski definition) is 1. The van der Waals surface area contributed by atoms with Crippen LogP contribution in [0.1, 0.15) is 12.6 Å². The van der Waals surface area contributed by atoms with E-state index in [1.54, 1.807) is 4.57 Å². The summed E-state index contributed by atoms with van der Waals surface area (Å²) in [6, 6.07) is 19.4. The maximum Gasteiger partial charge on any atom is 0.269 e. The molecule has 2 aromatic carbocycles. The van der Waals surface area contributed by atoms with E-state index in [1.165, 1.54) is 11.8 Å². The van der Waals surface area contributed by atoms with E-state index in [2.05, 4.69) is 5.32 Å². The van der Waals surface area contributed by atoms with Crippen LogP contribution in [0.5, 0.6) is 0 Å². The molecule has 0 saturated heterocycles. The standard InChI is InChI=1S/C24H22N6OS/c1-4-25-24-27-20-18(23(31)29(24)16-11-7-5-8-12-16)15(2)26-21-19(20)22(32-3)28-30(21)17-13-9-6-10-14-17/h5-14H,4H2,1-3H3,(H,25,27). The van der Waals surface area contributed by atoms with Gasteiger partial charge in [-0.25, -0.2) is 19.2 Å². The Bertz CT molecular complexity index is 1490. The minimum Gasteiger partial charge on any atom is -0.356 e. The van der Waals surface area contributed by atoms with Crippen LogP contribution in [0.4, 0.5) is 5.95 Å². The molecular formula is C24H22N6OS. The van der Waals surface area contributed by atoms with Crippen LogP contribution in [0.25, 0.3) is 33.3 Å². The number of aromatic nitrogens is 5. The lowest BCUT2D eigenvalue weighted by atomic mass is 10.2. The molecule has 0 bridgehead atoms. The number of thioether (sulfide) groups is 1. The van der Waals surface area contributed by atoms with Gasteiger partial charge in [0.05, 0.1) is 33.4 Å². The molecule has 0 atom stereocenters. The molecule has 160 valence electrons. The van der Waals surface area contributed by atoms with Crippen molar-refractivity contribution in [2.45, 2.75) is 18.9 Å². The minimum atomic E-state index is -0.149. The molecule has 5 aromatic rings. The highest BCUT2D eigenvalue weighted by molar-refractivity contribution is 7.98. The molecule has 0 aliphatic carbocycles. The van der Waals surface area contributed by atoms with E-state index in [0.717, 1.165) is 21.8 Å². The zero-order valence-electron chi connectivity index (χ0n) is 18.0. The number of pyridine rings is 1. The molecule has 0 aliphatic heterocycles. The van der Waals surface area contributed by atoms with Gasteiger partial charge >= 0.3 is 0 Å². The van der Waals surface area contributed by atoms with Gasteiger partial charge in [-0.2, -0.15) is 5.10 Å². The largest absolute Gasteiger partial charge is 0.356 e. The van der Waals surface area contributed by atoms with Crippen molar-refractivity contribution in [3.63, 3.8) is 0 Å². The lowest BCUT2D eigenvalue weighted by Crippen LogP contribution is -2.24. The molecule has 5 rings (SSSR count). The van der Waals surface area contributed by atoms with Crippen LogP contribution in [-0.4, -0.2) is 37.1 Å². The summed E-state index contributed by atoms with van der Waals surface area (Å²) in [7, 11) is 0. The Hall–Kier alpha value is -3.65. The molecule has 0 unspecified atom stereocenters. The number of anilines is 1. The molecule has 0 aliphatic rings. The van der Waals surface area contributed by atoms with Gasteiger partial charge in [-0.15, -0.1) is 11.8 Å². The van der Waals surface area contributed by atoms with E-state index >= 15 is 0 Å². The Morgan fingerprint density at radius 1 is 0.938 bits per heavy atom. The van der Waals surface area contributed by atoms with E-state index in [1.807, 2.05) is 85.4 Å². The fourth-order valence-corrected chi connectivity index (χ4v) is 4.48. The minimum absolute atomic E-state index is 0.149. The highest BCUT2D eigenvalue weighted by atomic mass is 32.2. The molecule has 1 N–H and O–H groups in total. The normalized spacial score (nSPS) is 11.3. The second-order valence-corrected chi connectivity index (χ2v) is 8.11. The van der Waals surface area contributed by atoms with Gasteiger partial charge in [0.1, 0.15) is 5.03 Å². The quantitative estimate of drug-likeness (QED) is 0.402. The van der Waals surface area contributed by atoms with E-state index in [9.17, 15) is 4.79 Å². The van der Waals surface area contributed by atoms with Crippen LogP contribution < -0.4 is 10.9 Å². The van der Waals surface area contributed by atoms with Crippen molar-refractivity contribution in [1.29, 1.82) is 0 Å². The fourth-order valence-electron chi connectivity index (χ4n) is 3.93. The maximum atomic E-state index is 13.8. The van der Waals surface area contributed by atoms with Crippen LogP contribution in [0.15, 0.2) is 70.5 Å². The number of nitrogens with one attached hydrogen (secondary N) is 1. The number of aryl methyl sites for hydroxylation is 1. The van der Waals surface area contributed by atoms with Crippen molar-refractivity contribution in [3.05, 3.63) is 76.7 Å². The second kappa shape index (κ2) is 8.12. The third kappa shape index (κ3) is 3.15. The van der Waals surface area contributed by atoms with Gasteiger partial charge in [-0.3, -0.25) is 4.79 Å². The molecule has 0 fully saturated rings. The van der Waals surface area contributed by atoms with Crippen LogP contribution in [0.2, 0.25) is 0 Å². The van der Waals surface area contributed by atoms with Gasteiger partial charge in [-0.1, -0.05) is 36.4 Å². The van der Waals surface area contributed by atoms with Gasteiger partial charge < -0.3 is 5.32 Å². The SMILES string of the molecule is CCNc1nc2c(c(C)nc3c2c(SC)nn3-c2ccccc2)c(=O)n1-c1ccccc1. The first-order chi connectivity index (χ1) is 15.6. The third-order valence-corrected chi connectivity index (χ3v) is 6.00. The monoisotopic (exact) mass is 442 g/mol. The molecule has 0 saturated carbocycles. The molecule has 7 nitrogen and oxygen atoms in total. The number of benzene rings is 2. The van der Waals surface area contributed by atoms with Gasteiger partial charge in [0, 0.05) is 6.54 Å². The predicted octanol–water partition coefficient (Wildman–Crippen LogP) is 4.58. The molecule has 0 amide bonds. The van der Waals surface area contributed by atoms with Gasteiger partial charge in [0.15, 0.2) is 5.65 Å². The van der Waals surface area contributed by atoms with Crippen molar-refractivity contribution in [3.8, 4) is 11.4 Å². The zero-order valence-corrected chi connectivity index (χ0v) is 18.8. The van der Waals surface area contributed by atoms with E-state index in [-0.39, 0.29) is 5.56 Å². The van der Waals surface area contributed by atoms with Crippen molar-refractivity contribution < 1.29 is 0 Å². The molecule has 0 spiro atoms. The Labute approximate surface area is 189 Å². The zero-order chi connectivity index (χ0) is 22.2. The summed E-state index contributed by atoms with van der Waals surface area (Å²) >= 11 is 1.52. The summed E-state index contributed by atoms with van der Waals surface area (Å²) in [5.74, 6) is 0.502. The van der Waals surface area contributed by atoms with E-state index in [4.69, 9.17) is 15.1 Å². The smallest absolute Gasteiger partial charge is 0.269 e. The third-order valence-electron chi connectivity index (χ3n) is 5.33. The Kier molecular flexibility index (Phi) is 5.14. The van der Waals surface area contributed by atoms with Crippen molar-refractivity contribution in [1.82, 2.24) is 24.3 Å². The van der Waals surface area contributed by atoms with Crippen LogP contribution >= 0.6 is 11.8 Å². The summed E-state index contributed by atoms with van der Waals surface area (Å²) in [6.45, 7) is 4.48. The number of rotatable bonds is 5. The number of fused-ring (bicyclic) bond motifs is 3. The van der Waals surface area contributed by atoms with Gasteiger partial charge in [-0.05, 0) is 44.4 Å². The number of hydrogen-bond acceptors (Lipinski definition) is 6. The summed E-state index contributed by atoms with van der Waals surface area (Å²) < 4.78 is 3.44. The average Bonchev–Trinajstić information content (AvgIpc) is 3.19. The molecule has 32 heavy (non-hydrogen) atoms. The number of para-hydroxylation sites is 2. The molecule has 3 heterocycles. The van der Waals surface area contributed by atoms with Crippen molar-refractivity contribution >= 4 is 39.6 Å². The second-order valence-electron chi connectivity index (χ2n) is 7.32. The average molecular weight is 443 g/mol. The highest BCUT2D eigenvalue weighted by Gasteiger charge is 2.23. The summed E-state index contributed by atoms with van der Waals surface area (Å²) in [5.41, 5.74) is 3.46. The van der Waals surface area contributed by atoms with Crippen molar-refractivity contribution in [2.75, 3.05) is 18.1 Å². The number of nitrogens with zero attached hydrogens (tertiary/aromatic N) is 5. The summed E-state index contributed by atoms with van der Waals surface area (Å²) in [5, 5.41) is 10.1. The van der Waals surface area contributed by atoms with Crippen LogP contribution in [-0.2, 0) is 0 Å². The molecule has 0 radical (unpaired) electrons. The topological polar surface area (TPSA) is 77.6 Å². The van der Waals surface area contributed by atoms with Gasteiger partial charge in [0.2, 0.25) is 5.95 Å². The molecule has 8 heteroatoms. The Morgan fingerprint density at radius 3 is 2.22 bits per heavy atom. The fraction of sp³-hybridized carbons (Fsp3) is 0.167. The lowest BCUT2D eigenvalue weighted by molar-refractivity contribution is 0.851. The Balaban J connectivity index is 1.93. The Morgan fingerprint density at radius 2 is 1.59 bits per heavy atom. The summed E-state index contributed by atoms with van der Waals surface area (Å²) in [4.78, 5) is 23.6. The first-order valence-electron chi connectivity index (χ1n) is 10.4. The van der Waals surface area contributed by atoms with Crippen LogP contribution in [0.3, 0.4) is 0 Å². The summed E-state index contributed by atoms with van der Waals surface area (Å²) in [6.07, 6.45) is 1.97. The van der Waals surface area contributed by atoms with Crippen molar-refractivity contribution in [2.24, 2.45) is 0 Å². The van der Waals surface area contributed by atoms with E-state index < -0.39 is 0 Å². The maximum absolute atomic E-state index is 13.8. The van der Waals surface area contributed by atoms with Crippen LogP contribution in [0, 0.1) is 6.92 Å². The first-order valence-corrected chi connectivity index (χ1v) is 11.6. The first kappa shape index (κ1) is 20.3. The molecule has 3 aromatic heterocycles. The lowest BCUT2D eigenvalue weighted by Gasteiger charge is -2.15. The highest BCUT2D eigenvalue weighted by Crippen LogP contribution is 2.33. The van der Waals surface area contributed by atoms with E-state index in [0.29, 0.717) is 34.7 Å². The van der Waals surface area contributed by atoms with Gasteiger partial charge in [0.25, 0.3) is 5.56 Å². The molecular weight excluding hydrogens is 420 g/mol. The predicted molar refractivity (Wildman–Crippen MR) is 130 cm³/mol.